The van der Waals surface area contributed by atoms with Crippen molar-refractivity contribution in [3.8, 4) is 23.0 Å². The maximum atomic E-state index is 10.9. The molecule has 0 aliphatic carbocycles. The molecule has 0 bridgehead atoms. The van der Waals surface area contributed by atoms with Crippen molar-refractivity contribution < 1.29 is 19.7 Å². The maximum absolute atomic E-state index is 10.9. The first kappa shape index (κ1) is 33.1. The van der Waals surface area contributed by atoms with Gasteiger partial charge in [0.05, 0.1) is 12.5 Å². The van der Waals surface area contributed by atoms with Crippen LogP contribution in [0.1, 0.15) is 141 Å². The van der Waals surface area contributed by atoms with E-state index >= 15 is 0 Å². The van der Waals surface area contributed by atoms with Crippen LogP contribution in [0.3, 0.4) is 0 Å². The lowest BCUT2D eigenvalue weighted by atomic mass is 9.93. The van der Waals surface area contributed by atoms with Gasteiger partial charge in [0.15, 0.2) is 0 Å². The van der Waals surface area contributed by atoms with Crippen molar-refractivity contribution in [2.24, 2.45) is 0 Å². The highest BCUT2D eigenvalue weighted by Gasteiger charge is 2.35. The van der Waals surface area contributed by atoms with Crippen molar-refractivity contribution in [1.29, 1.82) is 0 Å². The summed E-state index contributed by atoms with van der Waals surface area (Å²) in [6.07, 6.45) is 6.08. The fraction of sp³-hybridized carbons (Fsp3) is 0.647. The van der Waals surface area contributed by atoms with Gasteiger partial charge in [0, 0.05) is 22.3 Å². The van der Waals surface area contributed by atoms with E-state index in [0.29, 0.717) is 24.0 Å². The van der Waals surface area contributed by atoms with Gasteiger partial charge in [-0.15, -0.1) is 0 Å². The number of unbranched alkanes of at least 4 members (excludes halogenated alkanes) is 2. The maximum Gasteiger partial charge on any atom is 0.142 e. The highest BCUT2D eigenvalue weighted by atomic mass is 28.3. The third kappa shape index (κ3) is 8.93. The fourth-order valence-corrected chi connectivity index (χ4v) is 9.33. The lowest BCUT2D eigenvalue weighted by Crippen LogP contribution is -2.48. The number of benzene rings is 2. The quantitative estimate of drug-likeness (QED) is 0.202. The topological polar surface area (TPSA) is 58.9 Å². The predicted octanol–water partition coefficient (Wildman–Crippen LogP) is 10.2. The first-order valence-corrected chi connectivity index (χ1v) is 18.2. The molecule has 2 aromatic carbocycles. The summed E-state index contributed by atoms with van der Waals surface area (Å²) in [5.74, 6) is 3.41. The van der Waals surface area contributed by atoms with Crippen molar-refractivity contribution in [2.75, 3.05) is 12.5 Å². The van der Waals surface area contributed by atoms with Crippen LogP contribution < -0.4 is 9.47 Å². The zero-order valence-electron chi connectivity index (χ0n) is 26.5. The molecule has 0 unspecified atom stereocenters. The van der Waals surface area contributed by atoms with Crippen LogP contribution in [-0.4, -0.2) is 30.7 Å². The number of phenolic OH excluding ortho intramolecular Hbond substituents is 2. The monoisotopic (exact) mass is 556 g/mol. The second-order valence-corrected chi connectivity index (χ2v) is 17.4. The number of ether oxygens (including phenoxy) is 2. The van der Waals surface area contributed by atoms with E-state index in [1.54, 1.807) is 0 Å². The molecule has 220 valence electrons. The summed E-state index contributed by atoms with van der Waals surface area (Å²) in [5.41, 5.74) is 3.81. The minimum atomic E-state index is -1.98. The summed E-state index contributed by atoms with van der Waals surface area (Å²) in [4.78, 5) is 0. The summed E-state index contributed by atoms with van der Waals surface area (Å²) < 4.78 is 13.3. The van der Waals surface area contributed by atoms with Crippen LogP contribution in [0.15, 0.2) is 24.3 Å². The molecule has 2 rings (SSSR count). The van der Waals surface area contributed by atoms with Gasteiger partial charge in [-0.3, -0.25) is 0 Å². The molecule has 4 nitrogen and oxygen atoms in total. The lowest BCUT2D eigenvalue weighted by Gasteiger charge is -2.32. The number of hydrogen-bond donors (Lipinski definition) is 2. The Morgan fingerprint density at radius 3 is 1.08 bits per heavy atom. The van der Waals surface area contributed by atoms with E-state index in [1.807, 2.05) is 24.3 Å². The highest BCUT2D eigenvalue weighted by Crippen LogP contribution is 2.39. The standard InChI is InChI=1S/C34H56O4Si/c1-11-13-15-39(16-14-12-2,21-37-27-17-29(23(3)4)33(35)30(18-27)24(5)6)22-38-28-19-31(25(7)8)34(36)32(20-28)26(9)10/h17-20,23-26,35-36H,11-16,21-22H2,1-10H3. The summed E-state index contributed by atoms with van der Waals surface area (Å²) in [5, 5.41) is 21.8. The van der Waals surface area contributed by atoms with E-state index in [0.717, 1.165) is 46.6 Å². The number of hydrogen-bond acceptors (Lipinski definition) is 4. The van der Waals surface area contributed by atoms with Gasteiger partial charge in [-0.25, -0.2) is 0 Å². The molecule has 0 spiro atoms. The second kappa shape index (κ2) is 15.0. The molecule has 0 saturated carbocycles. The molecule has 0 heterocycles. The Hall–Kier alpha value is -2.14. The second-order valence-electron chi connectivity index (χ2n) is 12.8. The zero-order chi connectivity index (χ0) is 29.3. The first-order chi connectivity index (χ1) is 18.4. The zero-order valence-corrected chi connectivity index (χ0v) is 27.5. The third-order valence-electron chi connectivity index (χ3n) is 7.98. The van der Waals surface area contributed by atoms with Crippen molar-refractivity contribution in [1.82, 2.24) is 0 Å². The smallest absolute Gasteiger partial charge is 0.142 e. The minimum absolute atomic E-state index is 0.219. The highest BCUT2D eigenvalue weighted by molar-refractivity contribution is 6.79. The molecule has 0 aliphatic rings. The summed E-state index contributed by atoms with van der Waals surface area (Å²) in [6, 6.07) is 10.5. The summed E-state index contributed by atoms with van der Waals surface area (Å²) in [7, 11) is -1.98. The number of aromatic hydroxyl groups is 2. The molecule has 0 fully saturated rings. The van der Waals surface area contributed by atoms with E-state index in [1.165, 1.54) is 24.9 Å². The molecule has 39 heavy (non-hydrogen) atoms. The van der Waals surface area contributed by atoms with Gasteiger partial charge in [-0.05, 0) is 47.9 Å². The van der Waals surface area contributed by atoms with Crippen LogP contribution in [0.2, 0.25) is 12.1 Å². The molecule has 2 aromatic rings. The Labute approximate surface area is 240 Å². The van der Waals surface area contributed by atoms with E-state index in [-0.39, 0.29) is 23.7 Å². The molecule has 2 N–H and O–H groups in total. The van der Waals surface area contributed by atoms with Crippen LogP contribution in [-0.2, 0) is 0 Å². The van der Waals surface area contributed by atoms with E-state index in [4.69, 9.17) is 9.47 Å². The van der Waals surface area contributed by atoms with Crippen LogP contribution in [0.4, 0.5) is 0 Å². The largest absolute Gasteiger partial charge is 0.507 e. The molecule has 0 radical (unpaired) electrons. The van der Waals surface area contributed by atoms with Crippen LogP contribution in [0, 0.1) is 0 Å². The molecule has 0 amide bonds. The Kier molecular flexibility index (Phi) is 12.7. The number of rotatable bonds is 16. The lowest BCUT2D eigenvalue weighted by molar-refractivity contribution is 0.336. The Balaban J connectivity index is 2.43. The van der Waals surface area contributed by atoms with Crippen LogP contribution in [0.25, 0.3) is 0 Å². The van der Waals surface area contributed by atoms with Gasteiger partial charge in [0.2, 0.25) is 0 Å². The molecule has 0 aliphatic heterocycles. The molecule has 0 saturated heterocycles. The molecule has 0 atom stereocenters. The molecule has 5 heteroatoms. The van der Waals surface area contributed by atoms with Gasteiger partial charge in [0.1, 0.15) is 31.1 Å². The first-order valence-electron chi connectivity index (χ1n) is 15.3. The van der Waals surface area contributed by atoms with Crippen molar-refractivity contribution in [3.05, 3.63) is 46.5 Å². The Morgan fingerprint density at radius 2 is 0.846 bits per heavy atom. The molecular weight excluding hydrogens is 500 g/mol. The number of phenols is 2. The average molecular weight is 557 g/mol. The Bertz CT molecular complexity index is 900. The van der Waals surface area contributed by atoms with Gasteiger partial charge < -0.3 is 19.7 Å². The van der Waals surface area contributed by atoms with Gasteiger partial charge in [-0.2, -0.15) is 0 Å². The van der Waals surface area contributed by atoms with E-state index < -0.39 is 8.07 Å². The van der Waals surface area contributed by atoms with Crippen LogP contribution in [0.5, 0.6) is 23.0 Å². The average Bonchev–Trinajstić information content (AvgIpc) is 2.88. The third-order valence-corrected chi connectivity index (χ3v) is 12.3. The molecular formula is C34H56O4Si. The summed E-state index contributed by atoms with van der Waals surface area (Å²) >= 11 is 0. The van der Waals surface area contributed by atoms with Crippen molar-refractivity contribution >= 4 is 8.07 Å². The van der Waals surface area contributed by atoms with Crippen molar-refractivity contribution in [2.45, 2.75) is 131 Å². The fourth-order valence-electron chi connectivity index (χ4n) is 5.26. The van der Waals surface area contributed by atoms with Gasteiger partial charge in [-0.1, -0.05) is 107 Å². The van der Waals surface area contributed by atoms with E-state index in [2.05, 4.69) is 69.2 Å². The van der Waals surface area contributed by atoms with E-state index in [9.17, 15) is 10.2 Å². The molecule has 0 aromatic heterocycles. The predicted molar refractivity (Wildman–Crippen MR) is 169 cm³/mol. The van der Waals surface area contributed by atoms with Crippen LogP contribution >= 0.6 is 0 Å². The van der Waals surface area contributed by atoms with Crippen molar-refractivity contribution in [3.63, 3.8) is 0 Å². The minimum Gasteiger partial charge on any atom is -0.507 e. The van der Waals surface area contributed by atoms with Gasteiger partial charge in [0.25, 0.3) is 0 Å². The van der Waals surface area contributed by atoms with Gasteiger partial charge >= 0.3 is 0 Å². The normalized spacial score (nSPS) is 12.3. The summed E-state index contributed by atoms with van der Waals surface area (Å²) in [6.45, 7) is 21.5. The SMILES string of the molecule is CCCC[Si](CCCC)(COc1cc(C(C)C)c(O)c(C(C)C)c1)COc1cc(C(C)C)c(O)c(C(C)C)c1. The Morgan fingerprint density at radius 1 is 0.564 bits per heavy atom.